The van der Waals surface area contributed by atoms with E-state index in [1.807, 2.05) is 0 Å². The molecular formula is C24H39N3O3. The Morgan fingerprint density at radius 1 is 0.800 bits per heavy atom. The van der Waals surface area contributed by atoms with E-state index in [-0.39, 0.29) is 36.5 Å². The molecule has 1 spiro atoms. The predicted molar refractivity (Wildman–Crippen MR) is 116 cm³/mol. The zero-order valence-electron chi connectivity index (χ0n) is 18.5. The van der Waals surface area contributed by atoms with Gasteiger partial charge in [-0.05, 0) is 38.5 Å². The Bertz CT molecular complexity index is 612. The van der Waals surface area contributed by atoms with Crippen LogP contribution in [0.1, 0.15) is 109 Å². The molecule has 4 amide bonds. The third kappa shape index (κ3) is 4.52. The van der Waals surface area contributed by atoms with Crippen LogP contribution in [0.3, 0.4) is 0 Å². The molecule has 4 fully saturated rings. The highest BCUT2D eigenvalue weighted by molar-refractivity contribution is 6.09. The zero-order valence-corrected chi connectivity index (χ0v) is 18.5. The third-order valence-corrected chi connectivity index (χ3v) is 7.97. The molecule has 0 aromatic carbocycles. The maximum atomic E-state index is 13.5. The second-order valence-electron chi connectivity index (χ2n) is 10.1. The van der Waals surface area contributed by atoms with Gasteiger partial charge >= 0.3 is 6.03 Å². The van der Waals surface area contributed by atoms with E-state index in [0.29, 0.717) is 12.8 Å². The van der Waals surface area contributed by atoms with Crippen molar-refractivity contribution in [2.75, 3.05) is 6.54 Å². The summed E-state index contributed by atoms with van der Waals surface area (Å²) in [6, 6.07) is 0.206. The minimum absolute atomic E-state index is 0.0137. The highest BCUT2D eigenvalue weighted by Crippen LogP contribution is 2.34. The van der Waals surface area contributed by atoms with Crippen LogP contribution in [0.5, 0.6) is 0 Å². The summed E-state index contributed by atoms with van der Waals surface area (Å²) in [5.41, 5.74) is -0.766. The van der Waals surface area contributed by atoms with Gasteiger partial charge in [0, 0.05) is 12.1 Å². The van der Waals surface area contributed by atoms with Gasteiger partial charge in [-0.25, -0.2) is 4.79 Å². The number of nitrogens with zero attached hydrogens (tertiary/aromatic N) is 2. The van der Waals surface area contributed by atoms with Crippen LogP contribution in [0.15, 0.2) is 0 Å². The minimum Gasteiger partial charge on any atom is -0.335 e. The van der Waals surface area contributed by atoms with Gasteiger partial charge in [-0.2, -0.15) is 0 Å². The maximum absolute atomic E-state index is 13.5. The number of imide groups is 1. The topological polar surface area (TPSA) is 69.7 Å². The number of carbonyl (C=O) groups excluding carboxylic acids is 3. The molecule has 6 nitrogen and oxygen atoms in total. The predicted octanol–water partition coefficient (Wildman–Crippen LogP) is 4.52. The van der Waals surface area contributed by atoms with Crippen molar-refractivity contribution < 1.29 is 14.4 Å². The Hall–Kier alpha value is -1.59. The van der Waals surface area contributed by atoms with E-state index in [4.69, 9.17) is 0 Å². The van der Waals surface area contributed by atoms with Gasteiger partial charge in [-0.1, -0.05) is 70.6 Å². The van der Waals surface area contributed by atoms with E-state index < -0.39 is 5.54 Å². The van der Waals surface area contributed by atoms with Crippen molar-refractivity contribution in [3.63, 3.8) is 0 Å². The summed E-state index contributed by atoms with van der Waals surface area (Å²) >= 11 is 0. The third-order valence-electron chi connectivity index (χ3n) is 7.97. The van der Waals surface area contributed by atoms with Crippen molar-refractivity contribution >= 4 is 17.8 Å². The molecule has 3 saturated carbocycles. The smallest absolute Gasteiger partial charge is 0.325 e. The molecule has 1 heterocycles. The van der Waals surface area contributed by atoms with Gasteiger partial charge in [-0.15, -0.1) is 0 Å². The summed E-state index contributed by atoms with van der Waals surface area (Å²) in [6.45, 7) is -0.0839. The normalized spacial score (nSPS) is 26.3. The molecule has 0 aromatic rings. The van der Waals surface area contributed by atoms with Crippen LogP contribution >= 0.6 is 0 Å². The van der Waals surface area contributed by atoms with Crippen molar-refractivity contribution in [2.24, 2.45) is 0 Å². The van der Waals surface area contributed by atoms with Crippen molar-refractivity contribution in [1.82, 2.24) is 15.1 Å². The lowest BCUT2D eigenvalue weighted by Gasteiger charge is -2.42. The minimum atomic E-state index is -0.766. The van der Waals surface area contributed by atoms with Crippen LogP contribution in [0.25, 0.3) is 0 Å². The number of rotatable bonds is 4. The van der Waals surface area contributed by atoms with Gasteiger partial charge < -0.3 is 10.2 Å². The molecule has 168 valence electrons. The fraction of sp³-hybridized carbons (Fsp3) is 0.875. The average molecular weight is 418 g/mol. The lowest BCUT2D eigenvalue weighted by Crippen LogP contribution is -2.53. The second-order valence-corrected chi connectivity index (χ2v) is 10.1. The van der Waals surface area contributed by atoms with Crippen molar-refractivity contribution in [1.29, 1.82) is 0 Å². The van der Waals surface area contributed by atoms with Crippen LogP contribution in [0.2, 0.25) is 0 Å². The SMILES string of the molecule is O=C1NC2(CCCCCCC2)C(=O)N1CC(=O)N(C1CCCCC1)C1CCCCC1. The zero-order chi connectivity index (χ0) is 21.0. The van der Waals surface area contributed by atoms with Gasteiger partial charge in [0.25, 0.3) is 5.91 Å². The van der Waals surface area contributed by atoms with E-state index in [1.165, 1.54) is 49.8 Å². The summed E-state index contributed by atoms with van der Waals surface area (Å²) in [4.78, 5) is 43.0. The first kappa shape index (κ1) is 21.6. The molecule has 0 unspecified atom stereocenters. The first-order valence-corrected chi connectivity index (χ1v) is 12.6. The monoisotopic (exact) mass is 417 g/mol. The summed E-state index contributed by atoms with van der Waals surface area (Å²) in [7, 11) is 0. The molecule has 4 rings (SSSR count). The van der Waals surface area contributed by atoms with Gasteiger partial charge in [0.1, 0.15) is 12.1 Å². The maximum Gasteiger partial charge on any atom is 0.325 e. The lowest BCUT2D eigenvalue weighted by molar-refractivity contribution is -0.143. The van der Waals surface area contributed by atoms with E-state index in [1.54, 1.807) is 0 Å². The first-order valence-electron chi connectivity index (χ1n) is 12.6. The number of nitrogens with one attached hydrogen (secondary N) is 1. The summed E-state index contributed by atoms with van der Waals surface area (Å²) in [5, 5.41) is 3.01. The summed E-state index contributed by atoms with van der Waals surface area (Å²) in [6.07, 6.45) is 18.2. The van der Waals surface area contributed by atoms with Crippen LogP contribution < -0.4 is 5.32 Å². The van der Waals surface area contributed by atoms with E-state index in [9.17, 15) is 14.4 Å². The Morgan fingerprint density at radius 2 is 1.27 bits per heavy atom. The van der Waals surface area contributed by atoms with Gasteiger partial charge in [0.15, 0.2) is 0 Å². The van der Waals surface area contributed by atoms with E-state index >= 15 is 0 Å². The molecule has 0 aromatic heterocycles. The standard InChI is InChI=1S/C24H39N3O3/c28-21(27(19-12-6-4-7-13-19)20-14-8-5-9-15-20)18-26-22(29)24(25-23(26)30)16-10-2-1-3-11-17-24/h19-20H,1-18H2,(H,25,30). The second kappa shape index (κ2) is 9.69. The Morgan fingerprint density at radius 3 is 1.80 bits per heavy atom. The van der Waals surface area contributed by atoms with Crippen LogP contribution in [0.4, 0.5) is 4.79 Å². The Labute approximate surface area is 181 Å². The number of hydrogen-bond acceptors (Lipinski definition) is 3. The molecule has 1 aliphatic heterocycles. The molecule has 3 aliphatic carbocycles. The Balaban J connectivity index is 1.48. The largest absolute Gasteiger partial charge is 0.335 e. The molecule has 4 aliphatic rings. The highest BCUT2D eigenvalue weighted by atomic mass is 16.2. The quantitative estimate of drug-likeness (QED) is 0.684. The molecule has 6 heteroatoms. The van der Waals surface area contributed by atoms with Gasteiger partial charge in [-0.3, -0.25) is 14.5 Å². The number of urea groups is 1. The molecule has 0 bridgehead atoms. The van der Waals surface area contributed by atoms with E-state index in [2.05, 4.69) is 10.2 Å². The molecule has 1 N–H and O–H groups in total. The van der Waals surface area contributed by atoms with Crippen molar-refractivity contribution in [3.8, 4) is 0 Å². The first-order chi connectivity index (χ1) is 14.6. The van der Waals surface area contributed by atoms with E-state index in [0.717, 1.165) is 51.4 Å². The number of hydrogen-bond donors (Lipinski definition) is 1. The van der Waals surface area contributed by atoms with Crippen LogP contribution in [0, 0.1) is 0 Å². The van der Waals surface area contributed by atoms with Gasteiger partial charge in [0.05, 0.1) is 0 Å². The molecule has 1 saturated heterocycles. The molecule has 0 radical (unpaired) electrons. The van der Waals surface area contributed by atoms with Crippen molar-refractivity contribution in [3.05, 3.63) is 0 Å². The molecule has 0 atom stereocenters. The summed E-state index contributed by atoms with van der Waals surface area (Å²) < 4.78 is 0. The summed E-state index contributed by atoms with van der Waals surface area (Å²) in [5.74, 6) is -0.171. The Kier molecular flexibility index (Phi) is 6.99. The van der Waals surface area contributed by atoms with Gasteiger partial charge in [0.2, 0.25) is 5.91 Å². The lowest BCUT2D eigenvalue weighted by atomic mass is 9.84. The highest BCUT2D eigenvalue weighted by Gasteiger charge is 2.51. The van der Waals surface area contributed by atoms with Crippen LogP contribution in [-0.4, -0.2) is 51.8 Å². The average Bonchev–Trinajstić information content (AvgIpc) is 2.97. The number of amides is 4. The molecular weight excluding hydrogens is 378 g/mol. The fourth-order valence-corrected chi connectivity index (χ4v) is 6.31. The number of carbonyl (C=O) groups is 3. The fourth-order valence-electron chi connectivity index (χ4n) is 6.31. The molecule has 30 heavy (non-hydrogen) atoms. The van der Waals surface area contributed by atoms with Crippen LogP contribution in [-0.2, 0) is 9.59 Å². The van der Waals surface area contributed by atoms with Crippen molar-refractivity contribution in [2.45, 2.75) is 127 Å².